The molecule has 126 valence electrons. The average molecular weight is 322 g/mol. The second kappa shape index (κ2) is 5.50. The van der Waals surface area contributed by atoms with E-state index in [-0.39, 0.29) is 5.41 Å². The lowest BCUT2D eigenvalue weighted by Crippen LogP contribution is -2.53. The Hall–Kier alpha value is -1.51. The summed E-state index contributed by atoms with van der Waals surface area (Å²) in [5, 5.41) is 11.1. The maximum atomic E-state index is 11.8. The largest absolute Gasteiger partial charge is 0.377 e. The second-order valence-electron chi connectivity index (χ2n) is 8.42. The highest BCUT2D eigenvalue weighted by atomic mass is 16.3. The minimum Gasteiger partial charge on any atom is -0.377 e. The third-order valence-electron chi connectivity index (χ3n) is 7.80. The molecule has 2 heteroatoms. The van der Waals surface area contributed by atoms with Gasteiger partial charge in [0.2, 0.25) is 0 Å². The summed E-state index contributed by atoms with van der Waals surface area (Å²) in [5.41, 5.74) is 0.0685. The van der Waals surface area contributed by atoms with Crippen molar-refractivity contribution in [3.05, 3.63) is 11.6 Å². The van der Waals surface area contributed by atoms with Gasteiger partial charge >= 0.3 is 0 Å². The van der Waals surface area contributed by atoms with Gasteiger partial charge in [0.05, 0.1) is 0 Å². The van der Waals surface area contributed by atoms with Crippen molar-refractivity contribution in [2.45, 2.75) is 63.4 Å². The van der Waals surface area contributed by atoms with Gasteiger partial charge in [-0.15, -0.1) is 18.8 Å². The minimum atomic E-state index is -1.03. The Balaban J connectivity index is 1.69. The standard InChI is InChI=1S/C22H26O2/c1-3-11-21-12-9-18-17-8-6-16(23)14-15(17)5-7-19(18)20(21)10-13-22(21,24)4-2/h1-2,14,17-20,24H,5-13H2/t17-,18+,19+,20-,21-,22-/m0/s1. The van der Waals surface area contributed by atoms with E-state index < -0.39 is 5.60 Å². The molecule has 0 saturated heterocycles. The molecule has 6 atom stereocenters. The fourth-order valence-corrected chi connectivity index (χ4v) is 6.78. The van der Waals surface area contributed by atoms with Gasteiger partial charge in [0, 0.05) is 18.3 Å². The van der Waals surface area contributed by atoms with Crippen LogP contribution in [0.5, 0.6) is 0 Å². The van der Waals surface area contributed by atoms with Gasteiger partial charge in [0.25, 0.3) is 0 Å². The van der Waals surface area contributed by atoms with Crippen molar-refractivity contribution in [1.29, 1.82) is 0 Å². The maximum absolute atomic E-state index is 11.8. The van der Waals surface area contributed by atoms with E-state index in [1.807, 2.05) is 6.08 Å². The van der Waals surface area contributed by atoms with Crippen molar-refractivity contribution in [2.24, 2.45) is 29.1 Å². The van der Waals surface area contributed by atoms with Crippen LogP contribution in [0.1, 0.15) is 57.8 Å². The summed E-state index contributed by atoms with van der Waals surface area (Å²) < 4.78 is 0. The molecule has 24 heavy (non-hydrogen) atoms. The smallest absolute Gasteiger partial charge is 0.155 e. The van der Waals surface area contributed by atoms with Crippen molar-refractivity contribution in [2.75, 3.05) is 0 Å². The first-order valence-electron chi connectivity index (χ1n) is 9.41. The quantitative estimate of drug-likeness (QED) is 0.750. The van der Waals surface area contributed by atoms with E-state index in [4.69, 9.17) is 12.8 Å². The molecule has 0 bridgehead atoms. The minimum absolute atomic E-state index is 0.288. The van der Waals surface area contributed by atoms with Crippen LogP contribution >= 0.6 is 0 Å². The van der Waals surface area contributed by atoms with E-state index in [9.17, 15) is 9.90 Å². The number of carbonyl (C=O) groups is 1. The normalized spacial score (nSPS) is 46.8. The summed E-state index contributed by atoms with van der Waals surface area (Å²) in [6, 6.07) is 0. The highest BCUT2D eigenvalue weighted by Gasteiger charge is 2.63. The van der Waals surface area contributed by atoms with Gasteiger partial charge in [-0.2, -0.15) is 0 Å². The van der Waals surface area contributed by atoms with E-state index >= 15 is 0 Å². The third-order valence-corrected chi connectivity index (χ3v) is 7.80. The Morgan fingerprint density at radius 3 is 2.71 bits per heavy atom. The number of hydrogen-bond donors (Lipinski definition) is 1. The predicted octanol–water partition coefficient (Wildman–Crippen LogP) is 3.50. The number of allylic oxidation sites excluding steroid dienone is 1. The van der Waals surface area contributed by atoms with E-state index in [0.29, 0.717) is 48.7 Å². The molecule has 1 N–H and O–H groups in total. The van der Waals surface area contributed by atoms with Gasteiger partial charge in [-0.25, -0.2) is 0 Å². The summed E-state index contributed by atoms with van der Waals surface area (Å²) >= 11 is 0. The van der Waals surface area contributed by atoms with Crippen LogP contribution in [0.2, 0.25) is 0 Å². The van der Waals surface area contributed by atoms with Crippen molar-refractivity contribution in [1.82, 2.24) is 0 Å². The zero-order valence-corrected chi connectivity index (χ0v) is 14.3. The van der Waals surface area contributed by atoms with Gasteiger partial charge in [0.15, 0.2) is 5.78 Å². The first kappa shape index (κ1) is 16.0. The Morgan fingerprint density at radius 1 is 1.12 bits per heavy atom. The fourth-order valence-electron chi connectivity index (χ4n) is 6.78. The molecule has 4 aliphatic carbocycles. The van der Waals surface area contributed by atoms with Crippen molar-refractivity contribution in [3.8, 4) is 24.7 Å². The zero-order valence-electron chi connectivity index (χ0n) is 14.3. The zero-order chi connectivity index (χ0) is 16.9. The first-order valence-corrected chi connectivity index (χ1v) is 9.41. The Kier molecular flexibility index (Phi) is 3.67. The fraction of sp³-hybridized carbons (Fsp3) is 0.682. The molecular weight excluding hydrogens is 296 g/mol. The number of ketones is 1. The van der Waals surface area contributed by atoms with Crippen molar-refractivity contribution in [3.63, 3.8) is 0 Å². The summed E-state index contributed by atoms with van der Waals surface area (Å²) in [5.74, 6) is 8.13. The summed E-state index contributed by atoms with van der Waals surface area (Å²) in [6.45, 7) is 0. The number of fused-ring (bicyclic) bond motifs is 5. The monoisotopic (exact) mass is 322 g/mol. The van der Waals surface area contributed by atoms with Gasteiger partial charge in [0.1, 0.15) is 5.60 Å². The maximum Gasteiger partial charge on any atom is 0.155 e. The average Bonchev–Trinajstić information content (AvgIpc) is 2.88. The first-order chi connectivity index (χ1) is 11.5. The molecule has 0 aromatic heterocycles. The molecule has 0 aliphatic heterocycles. The van der Waals surface area contributed by atoms with Crippen LogP contribution in [-0.2, 0) is 4.79 Å². The molecule has 0 radical (unpaired) electrons. The molecule has 0 aromatic carbocycles. The van der Waals surface area contributed by atoms with E-state index in [0.717, 1.165) is 38.5 Å². The van der Waals surface area contributed by atoms with Crippen LogP contribution in [-0.4, -0.2) is 16.5 Å². The van der Waals surface area contributed by atoms with Gasteiger partial charge in [-0.3, -0.25) is 4.79 Å². The molecule has 0 heterocycles. The topological polar surface area (TPSA) is 37.3 Å². The van der Waals surface area contributed by atoms with E-state index in [1.54, 1.807) is 0 Å². The molecule has 3 fully saturated rings. The second-order valence-corrected chi connectivity index (χ2v) is 8.42. The number of carbonyl (C=O) groups excluding carboxylic acids is 1. The summed E-state index contributed by atoms with van der Waals surface area (Å²) in [7, 11) is 0. The number of hydrogen-bond acceptors (Lipinski definition) is 2. The summed E-state index contributed by atoms with van der Waals surface area (Å²) in [4.78, 5) is 11.8. The highest BCUT2D eigenvalue weighted by molar-refractivity contribution is 5.91. The van der Waals surface area contributed by atoms with Gasteiger partial charge in [-0.1, -0.05) is 11.5 Å². The molecule has 0 unspecified atom stereocenters. The van der Waals surface area contributed by atoms with Crippen LogP contribution in [0.4, 0.5) is 0 Å². The predicted molar refractivity (Wildman–Crippen MR) is 93.7 cm³/mol. The molecule has 0 aromatic rings. The van der Waals surface area contributed by atoms with Gasteiger partial charge < -0.3 is 5.11 Å². The van der Waals surface area contributed by atoms with Crippen LogP contribution in [0.15, 0.2) is 11.6 Å². The lowest BCUT2D eigenvalue weighted by molar-refractivity contribution is -0.116. The highest BCUT2D eigenvalue weighted by Crippen LogP contribution is 2.66. The van der Waals surface area contributed by atoms with Crippen LogP contribution in [0.25, 0.3) is 0 Å². The van der Waals surface area contributed by atoms with Crippen molar-refractivity contribution < 1.29 is 9.90 Å². The van der Waals surface area contributed by atoms with Crippen LogP contribution in [0, 0.1) is 53.8 Å². The Labute approximate surface area is 145 Å². The van der Waals surface area contributed by atoms with Crippen LogP contribution < -0.4 is 0 Å². The van der Waals surface area contributed by atoms with E-state index in [1.165, 1.54) is 5.57 Å². The number of terminal acetylenes is 2. The Bertz CT molecular complexity index is 675. The molecule has 4 aliphatic rings. The SMILES string of the molecule is C#CC[C@]12CC[C@H]3[C@@H](CCC4=CC(=O)CC[C@@H]43)[C@@H]1CC[C@@]2(O)C#C. The lowest BCUT2D eigenvalue weighted by atomic mass is 9.49. The molecule has 0 spiro atoms. The summed E-state index contributed by atoms with van der Waals surface area (Å²) in [6.07, 6.45) is 21.6. The molecule has 0 amide bonds. The molecule has 2 nitrogen and oxygen atoms in total. The molecule has 3 saturated carbocycles. The lowest BCUT2D eigenvalue weighted by Gasteiger charge is -2.55. The van der Waals surface area contributed by atoms with Crippen LogP contribution in [0.3, 0.4) is 0 Å². The number of aliphatic hydroxyl groups is 1. The molecule has 4 rings (SSSR count). The van der Waals surface area contributed by atoms with Gasteiger partial charge in [-0.05, 0) is 74.7 Å². The van der Waals surface area contributed by atoms with Crippen molar-refractivity contribution >= 4 is 5.78 Å². The Morgan fingerprint density at radius 2 is 1.96 bits per heavy atom. The molecular formula is C22H26O2. The third kappa shape index (κ3) is 1.99. The van der Waals surface area contributed by atoms with E-state index in [2.05, 4.69) is 11.8 Å². The number of rotatable bonds is 1.